The van der Waals surface area contributed by atoms with Crippen molar-refractivity contribution in [3.05, 3.63) is 35.4 Å². The molecular formula is C17H25NO2. The minimum atomic E-state index is -0.626. The molecule has 0 saturated carbocycles. The highest BCUT2D eigenvalue weighted by Crippen LogP contribution is 2.39. The Labute approximate surface area is 121 Å². The molecule has 1 aliphatic heterocycles. The topological polar surface area (TPSA) is 40.5 Å². The quantitative estimate of drug-likeness (QED) is 0.892. The fourth-order valence-electron chi connectivity index (χ4n) is 3.45. The predicted molar refractivity (Wildman–Crippen MR) is 80.8 cm³/mol. The number of rotatable bonds is 5. The van der Waals surface area contributed by atoms with E-state index < -0.39 is 11.4 Å². The average Bonchev–Trinajstić information content (AvgIpc) is 2.85. The van der Waals surface area contributed by atoms with Gasteiger partial charge in [-0.2, -0.15) is 0 Å². The van der Waals surface area contributed by atoms with Gasteiger partial charge in [0.25, 0.3) is 0 Å². The summed E-state index contributed by atoms with van der Waals surface area (Å²) in [5.41, 5.74) is 2.06. The number of benzene rings is 1. The van der Waals surface area contributed by atoms with E-state index in [0.717, 1.165) is 25.8 Å². The van der Waals surface area contributed by atoms with E-state index in [1.54, 1.807) is 0 Å². The van der Waals surface area contributed by atoms with Crippen LogP contribution in [0.1, 0.15) is 50.3 Å². The van der Waals surface area contributed by atoms with Crippen molar-refractivity contribution in [2.45, 2.75) is 46.1 Å². The van der Waals surface area contributed by atoms with Crippen LogP contribution in [0.4, 0.5) is 0 Å². The summed E-state index contributed by atoms with van der Waals surface area (Å²) in [6.45, 7) is 7.93. The van der Waals surface area contributed by atoms with Crippen LogP contribution in [0.15, 0.2) is 24.3 Å². The van der Waals surface area contributed by atoms with E-state index in [0.29, 0.717) is 6.54 Å². The molecule has 1 fully saturated rings. The van der Waals surface area contributed by atoms with Crippen LogP contribution in [0.3, 0.4) is 0 Å². The van der Waals surface area contributed by atoms with Crippen LogP contribution in [-0.2, 0) is 4.79 Å². The molecule has 0 aromatic heterocycles. The number of carboxylic acids is 1. The van der Waals surface area contributed by atoms with Gasteiger partial charge < -0.3 is 5.11 Å². The number of carbonyl (C=O) groups is 1. The smallest absolute Gasteiger partial charge is 0.310 e. The zero-order valence-corrected chi connectivity index (χ0v) is 12.7. The maximum Gasteiger partial charge on any atom is 0.310 e. The Hall–Kier alpha value is -1.35. The number of hydrogen-bond donors (Lipinski definition) is 1. The summed E-state index contributed by atoms with van der Waals surface area (Å²) < 4.78 is 0. The van der Waals surface area contributed by atoms with E-state index in [9.17, 15) is 9.90 Å². The normalized spacial score (nSPS) is 24.8. The van der Waals surface area contributed by atoms with Gasteiger partial charge in [0.1, 0.15) is 0 Å². The highest BCUT2D eigenvalue weighted by atomic mass is 16.4. The molecule has 20 heavy (non-hydrogen) atoms. The number of carboxylic acid groups (broad SMARTS) is 1. The summed E-state index contributed by atoms with van der Waals surface area (Å²) in [6, 6.07) is 8.67. The number of aryl methyl sites for hydroxylation is 1. The molecule has 3 heteroatoms. The molecule has 1 aromatic rings. The molecular weight excluding hydrogens is 250 g/mol. The van der Waals surface area contributed by atoms with Gasteiger partial charge in [0.15, 0.2) is 0 Å². The Bertz CT molecular complexity index is 486. The van der Waals surface area contributed by atoms with E-state index >= 15 is 0 Å². The minimum absolute atomic E-state index is 0.286. The van der Waals surface area contributed by atoms with Gasteiger partial charge in [0.2, 0.25) is 0 Å². The van der Waals surface area contributed by atoms with Gasteiger partial charge in [0.05, 0.1) is 5.41 Å². The fraction of sp³-hybridized carbons (Fsp3) is 0.588. The first-order chi connectivity index (χ1) is 9.50. The van der Waals surface area contributed by atoms with Crippen molar-refractivity contribution in [2.75, 3.05) is 13.1 Å². The van der Waals surface area contributed by atoms with E-state index in [2.05, 4.69) is 43.9 Å². The maximum atomic E-state index is 11.7. The predicted octanol–water partition coefficient (Wildman–Crippen LogP) is 3.63. The highest BCUT2D eigenvalue weighted by molar-refractivity contribution is 5.75. The first-order valence-electron chi connectivity index (χ1n) is 7.53. The van der Waals surface area contributed by atoms with E-state index in [1.165, 1.54) is 11.1 Å². The van der Waals surface area contributed by atoms with Crippen LogP contribution in [0, 0.1) is 12.3 Å². The third kappa shape index (κ3) is 2.73. The van der Waals surface area contributed by atoms with Crippen molar-refractivity contribution < 1.29 is 9.90 Å². The zero-order valence-electron chi connectivity index (χ0n) is 12.7. The van der Waals surface area contributed by atoms with Crippen LogP contribution < -0.4 is 0 Å². The van der Waals surface area contributed by atoms with Crippen molar-refractivity contribution in [3.8, 4) is 0 Å². The summed E-state index contributed by atoms with van der Waals surface area (Å²) in [4.78, 5) is 14.0. The van der Waals surface area contributed by atoms with Crippen molar-refractivity contribution in [1.29, 1.82) is 0 Å². The molecule has 0 spiro atoms. The molecule has 110 valence electrons. The van der Waals surface area contributed by atoms with Crippen molar-refractivity contribution in [1.82, 2.24) is 4.90 Å². The van der Waals surface area contributed by atoms with E-state index in [4.69, 9.17) is 0 Å². The largest absolute Gasteiger partial charge is 0.481 e. The van der Waals surface area contributed by atoms with Crippen LogP contribution in [0.5, 0.6) is 0 Å². The van der Waals surface area contributed by atoms with Crippen LogP contribution in [0.2, 0.25) is 0 Å². The summed E-state index contributed by atoms with van der Waals surface area (Å²) in [7, 11) is 0. The van der Waals surface area contributed by atoms with Crippen molar-refractivity contribution in [3.63, 3.8) is 0 Å². The Kier molecular flexibility index (Phi) is 4.48. The Morgan fingerprint density at radius 2 is 2.15 bits per heavy atom. The lowest BCUT2D eigenvalue weighted by Crippen LogP contribution is -2.35. The SMILES string of the molecule is CCCC1(C(=O)O)CCN(C(C)c2ccccc2C)C1. The number of likely N-dealkylation sites (tertiary alicyclic amines) is 1. The summed E-state index contributed by atoms with van der Waals surface area (Å²) in [5.74, 6) is -0.626. The molecule has 2 rings (SSSR count). The monoisotopic (exact) mass is 275 g/mol. The van der Waals surface area contributed by atoms with E-state index in [1.807, 2.05) is 6.07 Å². The first-order valence-corrected chi connectivity index (χ1v) is 7.53. The molecule has 0 bridgehead atoms. The highest BCUT2D eigenvalue weighted by Gasteiger charge is 2.45. The minimum Gasteiger partial charge on any atom is -0.481 e. The van der Waals surface area contributed by atoms with Crippen LogP contribution in [0.25, 0.3) is 0 Å². The van der Waals surface area contributed by atoms with Gasteiger partial charge >= 0.3 is 5.97 Å². The molecule has 0 radical (unpaired) electrons. The average molecular weight is 275 g/mol. The van der Waals surface area contributed by atoms with E-state index in [-0.39, 0.29) is 6.04 Å². The van der Waals surface area contributed by atoms with Crippen LogP contribution >= 0.6 is 0 Å². The molecule has 0 amide bonds. The Morgan fingerprint density at radius 1 is 1.45 bits per heavy atom. The summed E-state index contributed by atoms with van der Waals surface area (Å²) in [6.07, 6.45) is 2.48. The molecule has 1 N–H and O–H groups in total. The molecule has 1 aromatic carbocycles. The van der Waals surface area contributed by atoms with Crippen LogP contribution in [-0.4, -0.2) is 29.1 Å². The van der Waals surface area contributed by atoms with Gasteiger partial charge in [-0.3, -0.25) is 9.69 Å². The second-order valence-electron chi connectivity index (χ2n) is 6.09. The van der Waals surface area contributed by atoms with Gasteiger partial charge in [-0.1, -0.05) is 37.6 Å². The standard InChI is InChI=1S/C17H25NO2/c1-4-9-17(16(19)20)10-11-18(12-17)14(3)15-8-6-5-7-13(15)2/h5-8,14H,4,9-12H2,1-3H3,(H,19,20). The molecule has 2 atom stereocenters. The molecule has 1 aliphatic rings. The van der Waals surface area contributed by atoms with Crippen molar-refractivity contribution >= 4 is 5.97 Å². The molecule has 1 saturated heterocycles. The molecule has 0 aliphatic carbocycles. The lowest BCUT2D eigenvalue weighted by molar-refractivity contribution is -0.148. The van der Waals surface area contributed by atoms with Gasteiger partial charge in [0, 0.05) is 12.6 Å². The lowest BCUT2D eigenvalue weighted by Gasteiger charge is -2.29. The number of aliphatic carboxylic acids is 1. The lowest BCUT2D eigenvalue weighted by atomic mass is 9.82. The van der Waals surface area contributed by atoms with Crippen molar-refractivity contribution in [2.24, 2.45) is 5.41 Å². The number of hydrogen-bond acceptors (Lipinski definition) is 2. The third-order valence-electron chi connectivity index (χ3n) is 4.75. The summed E-state index contributed by atoms with van der Waals surface area (Å²) >= 11 is 0. The second-order valence-corrected chi connectivity index (χ2v) is 6.09. The number of nitrogens with zero attached hydrogens (tertiary/aromatic N) is 1. The van der Waals surface area contributed by atoms with Gasteiger partial charge in [-0.05, 0) is 44.4 Å². The molecule has 3 nitrogen and oxygen atoms in total. The first kappa shape index (κ1) is 15.0. The zero-order chi connectivity index (χ0) is 14.8. The van der Waals surface area contributed by atoms with Gasteiger partial charge in [-0.25, -0.2) is 0 Å². The van der Waals surface area contributed by atoms with Gasteiger partial charge in [-0.15, -0.1) is 0 Å². The maximum absolute atomic E-state index is 11.7. The second kappa shape index (κ2) is 5.96. The fourth-order valence-corrected chi connectivity index (χ4v) is 3.45. The molecule has 1 heterocycles. The Balaban J connectivity index is 2.16. The summed E-state index contributed by atoms with van der Waals surface area (Å²) in [5, 5.41) is 9.59. The molecule has 2 unspecified atom stereocenters. The third-order valence-corrected chi connectivity index (χ3v) is 4.75. The Morgan fingerprint density at radius 3 is 2.75 bits per heavy atom.